The molecule has 188 valence electrons. The second-order valence-corrected chi connectivity index (χ2v) is 9.76. The number of amides is 2. The van der Waals surface area contributed by atoms with Gasteiger partial charge in [0.1, 0.15) is 29.0 Å². The van der Waals surface area contributed by atoms with Crippen LogP contribution in [0.15, 0.2) is 60.0 Å². The first-order valence-electron chi connectivity index (χ1n) is 11.5. The van der Waals surface area contributed by atoms with E-state index in [-0.39, 0.29) is 17.1 Å². The average Bonchev–Trinajstić information content (AvgIpc) is 2.84. The average molecular weight is 501 g/mol. The molecule has 3 heterocycles. The highest BCUT2D eigenvalue weighted by Gasteiger charge is 2.36. The number of pyridine rings is 2. The zero-order chi connectivity index (χ0) is 26.8. The van der Waals surface area contributed by atoms with Crippen molar-refractivity contribution in [3.8, 4) is 6.07 Å². The monoisotopic (exact) mass is 500 g/mol. The molecule has 2 N–H and O–H groups in total. The van der Waals surface area contributed by atoms with E-state index in [9.17, 15) is 9.59 Å². The smallest absolute Gasteiger partial charge is 0.413 e. The molecule has 9 nitrogen and oxygen atoms in total. The lowest BCUT2D eigenvalue weighted by molar-refractivity contribution is 0.0562. The van der Waals surface area contributed by atoms with Crippen LogP contribution >= 0.6 is 0 Å². The largest absolute Gasteiger partial charge is 0.444 e. The number of carbonyl (C=O) groups is 2. The van der Waals surface area contributed by atoms with Gasteiger partial charge in [0, 0.05) is 41.8 Å². The van der Waals surface area contributed by atoms with Crippen LogP contribution in [0.2, 0.25) is 0 Å². The fourth-order valence-corrected chi connectivity index (χ4v) is 3.97. The van der Waals surface area contributed by atoms with Crippen LogP contribution in [-0.4, -0.2) is 33.4 Å². The summed E-state index contributed by atoms with van der Waals surface area (Å²) < 4.78 is 20.6. The summed E-state index contributed by atoms with van der Waals surface area (Å²) in [6.07, 6.45) is 4.16. The topological polar surface area (TPSA) is 129 Å². The summed E-state index contributed by atoms with van der Waals surface area (Å²) in [6.45, 7) is 6.99. The number of nitrogens with zero attached hydrogens (tertiary/aromatic N) is 4. The molecule has 4 rings (SSSR count). The fourth-order valence-electron chi connectivity index (χ4n) is 3.97. The van der Waals surface area contributed by atoms with Crippen molar-refractivity contribution in [3.63, 3.8) is 0 Å². The van der Waals surface area contributed by atoms with E-state index in [1.165, 1.54) is 36.5 Å². The molecule has 0 aliphatic carbocycles. The number of rotatable bonds is 3. The molecule has 10 heteroatoms. The number of ether oxygens (including phenoxy) is 1. The van der Waals surface area contributed by atoms with Crippen LogP contribution in [0.1, 0.15) is 60.4 Å². The molecule has 1 atom stereocenters. The van der Waals surface area contributed by atoms with Gasteiger partial charge in [-0.25, -0.2) is 14.2 Å². The third-order valence-electron chi connectivity index (χ3n) is 5.60. The molecule has 0 bridgehead atoms. The number of carbonyl (C=O) groups excluding carboxylic acids is 2. The number of nitrogens with one attached hydrogen (secondary N) is 2. The van der Waals surface area contributed by atoms with E-state index in [0.29, 0.717) is 23.2 Å². The van der Waals surface area contributed by atoms with Crippen molar-refractivity contribution in [2.45, 2.75) is 45.3 Å². The van der Waals surface area contributed by atoms with Crippen molar-refractivity contribution in [2.24, 2.45) is 4.99 Å². The van der Waals surface area contributed by atoms with Gasteiger partial charge in [-0.3, -0.25) is 20.1 Å². The van der Waals surface area contributed by atoms with E-state index in [2.05, 4.69) is 20.6 Å². The summed E-state index contributed by atoms with van der Waals surface area (Å²) in [6, 6.07) is 10.8. The molecule has 0 spiro atoms. The van der Waals surface area contributed by atoms with Gasteiger partial charge in [0.25, 0.3) is 5.91 Å². The summed E-state index contributed by atoms with van der Waals surface area (Å²) in [5, 5.41) is 14.3. The van der Waals surface area contributed by atoms with Crippen molar-refractivity contribution >= 4 is 23.5 Å². The third kappa shape index (κ3) is 5.78. The molecule has 0 fully saturated rings. The molecule has 37 heavy (non-hydrogen) atoms. The quantitative estimate of drug-likeness (QED) is 0.545. The zero-order valence-corrected chi connectivity index (χ0v) is 20.8. The number of halogens is 1. The lowest BCUT2D eigenvalue weighted by Crippen LogP contribution is -2.41. The lowest BCUT2D eigenvalue weighted by atomic mass is 9.82. The Labute approximate surface area is 213 Å². The number of amidine groups is 1. The Kier molecular flexibility index (Phi) is 6.72. The molecule has 2 aromatic heterocycles. The Morgan fingerprint density at radius 3 is 2.59 bits per heavy atom. The van der Waals surface area contributed by atoms with Crippen molar-refractivity contribution < 1.29 is 18.7 Å². The Hall–Kier alpha value is -4.65. The maximum Gasteiger partial charge on any atom is 0.413 e. The molecule has 1 aliphatic rings. The third-order valence-corrected chi connectivity index (χ3v) is 5.60. The molecule has 0 radical (unpaired) electrons. The molecule has 0 saturated carbocycles. The maximum absolute atomic E-state index is 15.2. The number of aromatic nitrogens is 2. The van der Waals surface area contributed by atoms with Gasteiger partial charge >= 0.3 is 6.09 Å². The van der Waals surface area contributed by atoms with Crippen LogP contribution in [0.25, 0.3) is 0 Å². The van der Waals surface area contributed by atoms with Gasteiger partial charge in [-0.2, -0.15) is 5.26 Å². The van der Waals surface area contributed by atoms with Gasteiger partial charge in [-0.1, -0.05) is 0 Å². The van der Waals surface area contributed by atoms with Crippen LogP contribution in [0.4, 0.5) is 14.9 Å². The predicted molar refractivity (Wildman–Crippen MR) is 135 cm³/mol. The lowest BCUT2D eigenvalue weighted by Gasteiger charge is -2.33. The van der Waals surface area contributed by atoms with E-state index >= 15 is 4.39 Å². The normalized spacial score (nSPS) is 16.6. The fraction of sp³-hybridized carbons (Fsp3) is 0.259. The highest BCUT2D eigenvalue weighted by atomic mass is 19.1. The Morgan fingerprint density at radius 2 is 1.92 bits per heavy atom. The number of hydrogen-bond acceptors (Lipinski definition) is 7. The second-order valence-electron chi connectivity index (χ2n) is 9.76. The molecule has 1 aromatic carbocycles. The molecule has 2 amide bonds. The van der Waals surface area contributed by atoms with Gasteiger partial charge in [0.05, 0.1) is 11.1 Å². The SMILES string of the molecule is CC(C)(C)OC(=O)NC1=NC(C)(c2cc(NC(=O)c3ccc(C#N)cn3)ccc2F)Cc2cnccc21. The molecule has 1 aliphatic heterocycles. The number of fused-ring (bicyclic) bond motifs is 1. The van der Waals surface area contributed by atoms with Crippen molar-refractivity contribution in [2.75, 3.05) is 5.32 Å². The summed E-state index contributed by atoms with van der Waals surface area (Å²) in [7, 11) is 0. The highest BCUT2D eigenvalue weighted by molar-refractivity contribution is 6.08. The van der Waals surface area contributed by atoms with E-state index in [0.717, 1.165) is 5.56 Å². The van der Waals surface area contributed by atoms with Crippen LogP contribution in [0, 0.1) is 17.1 Å². The highest BCUT2D eigenvalue weighted by Crippen LogP contribution is 2.37. The summed E-state index contributed by atoms with van der Waals surface area (Å²) in [4.78, 5) is 38.1. The Morgan fingerprint density at radius 1 is 1.14 bits per heavy atom. The van der Waals surface area contributed by atoms with Crippen molar-refractivity contribution in [1.29, 1.82) is 5.26 Å². The number of nitriles is 1. The van der Waals surface area contributed by atoms with Crippen LogP contribution < -0.4 is 10.6 Å². The first-order chi connectivity index (χ1) is 17.5. The van der Waals surface area contributed by atoms with Gasteiger partial charge in [0.15, 0.2) is 0 Å². The molecular formula is C27H25FN6O3. The summed E-state index contributed by atoms with van der Waals surface area (Å²) in [5.41, 5.74) is 0.574. The first-order valence-corrected chi connectivity index (χ1v) is 11.5. The standard InChI is InChI=1S/C27H25FN6O3/c1-26(2,3)37-25(36)33-23-19-9-10-30-15-17(19)12-27(4,34-23)20-11-18(6-7-21(20)28)32-24(35)22-8-5-16(13-29)14-31-22/h5-11,14-15H,12H2,1-4H3,(H,32,35)(H,33,34,36). The van der Waals surface area contributed by atoms with E-state index < -0.39 is 29.0 Å². The Balaban J connectivity index is 1.67. The minimum atomic E-state index is -1.13. The first kappa shape index (κ1) is 25.4. The summed E-state index contributed by atoms with van der Waals surface area (Å²) in [5.74, 6) is -0.804. The molecular weight excluding hydrogens is 475 g/mol. The molecule has 3 aromatic rings. The Bertz CT molecular complexity index is 1440. The summed E-state index contributed by atoms with van der Waals surface area (Å²) >= 11 is 0. The van der Waals surface area contributed by atoms with E-state index in [4.69, 9.17) is 15.0 Å². The van der Waals surface area contributed by atoms with Gasteiger partial charge in [0.2, 0.25) is 0 Å². The van der Waals surface area contributed by atoms with Crippen molar-refractivity contribution in [3.05, 3.63) is 88.8 Å². The van der Waals surface area contributed by atoms with Gasteiger partial charge in [-0.05, 0) is 69.7 Å². The number of alkyl carbamates (subject to hydrolysis) is 1. The molecule has 1 unspecified atom stereocenters. The minimum absolute atomic E-state index is 0.107. The predicted octanol–water partition coefficient (Wildman–Crippen LogP) is 4.48. The maximum atomic E-state index is 15.2. The number of anilines is 1. The zero-order valence-electron chi connectivity index (χ0n) is 20.8. The number of aliphatic imine (C=N–C) groups is 1. The van der Waals surface area contributed by atoms with Crippen LogP contribution in [0.3, 0.4) is 0 Å². The van der Waals surface area contributed by atoms with E-state index in [1.807, 2.05) is 6.07 Å². The van der Waals surface area contributed by atoms with Crippen LogP contribution in [0.5, 0.6) is 0 Å². The van der Waals surface area contributed by atoms with Crippen LogP contribution in [-0.2, 0) is 16.7 Å². The number of hydrogen-bond donors (Lipinski definition) is 2. The second kappa shape index (κ2) is 9.78. The van der Waals surface area contributed by atoms with Gasteiger partial charge in [-0.15, -0.1) is 0 Å². The van der Waals surface area contributed by atoms with Crippen molar-refractivity contribution in [1.82, 2.24) is 15.3 Å². The van der Waals surface area contributed by atoms with Gasteiger partial charge < -0.3 is 10.1 Å². The minimum Gasteiger partial charge on any atom is -0.444 e. The number of benzene rings is 1. The molecule has 0 saturated heterocycles. The van der Waals surface area contributed by atoms with E-state index in [1.54, 1.807) is 46.2 Å².